The van der Waals surface area contributed by atoms with Crippen molar-refractivity contribution >= 4 is 11.9 Å². The third-order valence-electron chi connectivity index (χ3n) is 1.70. The van der Waals surface area contributed by atoms with Gasteiger partial charge in [-0.15, -0.1) is 0 Å². The maximum absolute atomic E-state index is 12.9. The second-order valence-corrected chi connectivity index (χ2v) is 2.87. The number of benzene rings is 1. The smallest absolute Gasteiger partial charge is 0.423 e. The van der Waals surface area contributed by atoms with Crippen LogP contribution in [-0.4, -0.2) is 11.9 Å². The molecule has 4 nitrogen and oxygen atoms in total. The van der Waals surface area contributed by atoms with Crippen LogP contribution in [0.2, 0.25) is 0 Å². The molecule has 0 aromatic heterocycles. The van der Waals surface area contributed by atoms with E-state index in [9.17, 15) is 14.0 Å². The van der Waals surface area contributed by atoms with Crippen molar-refractivity contribution in [2.75, 3.05) is 0 Å². The molecule has 84 valence electrons. The molecule has 0 atom stereocenters. The average Bonchev–Trinajstić information content (AvgIpc) is 2.24. The summed E-state index contributed by atoms with van der Waals surface area (Å²) in [6.07, 6.45) is 0.819. The number of rotatable bonds is 2. The number of carbonyl (C=O) groups is 2. The van der Waals surface area contributed by atoms with Crippen LogP contribution in [0.15, 0.2) is 31.0 Å². The Bertz CT molecular complexity index is 440. The third-order valence-corrected chi connectivity index (χ3v) is 1.70. The van der Waals surface area contributed by atoms with E-state index in [1.54, 1.807) is 0 Å². The van der Waals surface area contributed by atoms with E-state index < -0.39 is 17.8 Å². The van der Waals surface area contributed by atoms with Gasteiger partial charge in [-0.2, -0.15) is 0 Å². The summed E-state index contributed by atoms with van der Waals surface area (Å²) in [6.45, 7) is 4.62. The van der Waals surface area contributed by atoms with E-state index in [-0.39, 0.29) is 5.75 Å². The molecule has 0 saturated heterocycles. The van der Waals surface area contributed by atoms with Gasteiger partial charge in [0.15, 0.2) is 0 Å². The largest absolute Gasteiger partial charge is 0.427 e. The van der Waals surface area contributed by atoms with Crippen LogP contribution < -0.4 is 4.74 Å². The molecule has 0 radical (unpaired) electrons. The van der Waals surface area contributed by atoms with E-state index in [0.29, 0.717) is 5.56 Å². The summed E-state index contributed by atoms with van der Waals surface area (Å²) < 4.78 is 21.7. The van der Waals surface area contributed by atoms with Gasteiger partial charge in [-0.1, -0.05) is 6.58 Å². The second kappa shape index (κ2) is 5.06. The standard InChI is InChI=1S/C11H9FO4/c1-3-15-10(13)11(14)16-8-4-5-9(12)7(2)6-8/h3-6H,1H2,2H3. The van der Waals surface area contributed by atoms with Gasteiger partial charge in [0.25, 0.3) is 0 Å². The van der Waals surface area contributed by atoms with E-state index in [4.69, 9.17) is 0 Å². The predicted molar refractivity (Wildman–Crippen MR) is 53.1 cm³/mol. The van der Waals surface area contributed by atoms with Crippen molar-refractivity contribution in [3.05, 3.63) is 42.4 Å². The van der Waals surface area contributed by atoms with Crippen molar-refractivity contribution in [3.63, 3.8) is 0 Å². The molecule has 1 aromatic rings. The van der Waals surface area contributed by atoms with Crippen molar-refractivity contribution < 1.29 is 23.5 Å². The number of hydrogen-bond acceptors (Lipinski definition) is 4. The molecular weight excluding hydrogens is 215 g/mol. The minimum atomic E-state index is -1.19. The summed E-state index contributed by atoms with van der Waals surface area (Å²) in [4.78, 5) is 21.9. The number of esters is 2. The van der Waals surface area contributed by atoms with E-state index in [0.717, 1.165) is 12.3 Å². The van der Waals surface area contributed by atoms with Crippen molar-refractivity contribution in [2.45, 2.75) is 6.92 Å². The third kappa shape index (κ3) is 2.91. The van der Waals surface area contributed by atoms with Gasteiger partial charge in [0.2, 0.25) is 0 Å². The van der Waals surface area contributed by atoms with Gasteiger partial charge in [0.1, 0.15) is 11.6 Å². The predicted octanol–water partition coefficient (Wildman–Crippen LogP) is 1.73. The molecule has 0 fully saturated rings. The Balaban J connectivity index is 2.73. The molecule has 0 unspecified atom stereocenters. The topological polar surface area (TPSA) is 52.6 Å². The fourth-order valence-corrected chi connectivity index (χ4v) is 0.953. The summed E-state index contributed by atoms with van der Waals surface area (Å²) in [6, 6.07) is 3.67. The van der Waals surface area contributed by atoms with E-state index in [2.05, 4.69) is 16.1 Å². The van der Waals surface area contributed by atoms with Crippen molar-refractivity contribution in [1.82, 2.24) is 0 Å². The Hall–Kier alpha value is -2.17. The normalized spacial score (nSPS) is 9.38. The van der Waals surface area contributed by atoms with Crippen molar-refractivity contribution in [2.24, 2.45) is 0 Å². The maximum atomic E-state index is 12.9. The summed E-state index contributed by atoms with van der Waals surface area (Å²) in [5.41, 5.74) is 0.308. The monoisotopic (exact) mass is 224 g/mol. The lowest BCUT2D eigenvalue weighted by Gasteiger charge is -2.03. The SMILES string of the molecule is C=COC(=O)C(=O)Oc1ccc(F)c(C)c1. The Kier molecular flexibility index (Phi) is 3.77. The maximum Gasteiger partial charge on any atom is 0.423 e. The van der Waals surface area contributed by atoms with E-state index in [1.165, 1.54) is 19.1 Å². The molecule has 0 bridgehead atoms. The first-order chi connectivity index (χ1) is 7.54. The Labute approximate surface area is 91.3 Å². The molecule has 0 aliphatic heterocycles. The molecule has 0 N–H and O–H groups in total. The van der Waals surface area contributed by atoms with E-state index >= 15 is 0 Å². The van der Waals surface area contributed by atoms with Gasteiger partial charge >= 0.3 is 11.9 Å². The first-order valence-corrected chi connectivity index (χ1v) is 4.34. The summed E-state index contributed by atoms with van der Waals surface area (Å²) in [7, 11) is 0. The highest BCUT2D eigenvalue weighted by Gasteiger charge is 2.17. The molecule has 0 aliphatic rings. The number of aryl methyl sites for hydroxylation is 1. The van der Waals surface area contributed by atoms with Gasteiger partial charge in [0.05, 0.1) is 6.26 Å². The first kappa shape index (κ1) is 11.9. The average molecular weight is 224 g/mol. The molecular formula is C11H9FO4. The summed E-state index contributed by atoms with van der Waals surface area (Å²) >= 11 is 0. The number of carbonyl (C=O) groups excluding carboxylic acids is 2. The Morgan fingerprint density at radius 2 is 2.06 bits per heavy atom. The lowest BCUT2D eigenvalue weighted by atomic mass is 10.2. The highest BCUT2D eigenvalue weighted by atomic mass is 19.1. The molecule has 1 rings (SSSR count). The minimum absolute atomic E-state index is 0.0740. The van der Waals surface area contributed by atoms with Crippen LogP contribution in [0.1, 0.15) is 5.56 Å². The molecule has 16 heavy (non-hydrogen) atoms. The Morgan fingerprint density at radius 3 is 2.62 bits per heavy atom. The van der Waals surface area contributed by atoms with Crippen LogP contribution in [0.5, 0.6) is 5.75 Å². The number of halogens is 1. The van der Waals surface area contributed by atoms with Crippen LogP contribution in [0.3, 0.4) is 0 Å². The number of ether oxygens (including phenoxy) is 2. The Morgan fingerprint density at radius 1 is 1.38 bits per heavy atom. The minimum Gasteiger partial charge on any atom is -0.427 e. The van der Waals surface area contributed by atoms with Crippen LogP contribution in [0.25, 0.3) is 0 Å². The van der Waals surface area contributed by atoms with Crippen LogP contribution >= 0.6 is 0 Å². The molecule has 5 heteroatoms. The van der Waals surface area contributed by atoms with Crippen molar-refractivity contribution in [1.29, 1.82) is 0 Å². The second-order valence-electron chi connectivity index (χ2n) is 2.87. The first-order valence-electron chi connectivity index (χ1n) is 4.34. The zero-order valence-corrected chi connectivity index (χ0v) is 8.53. The lowest BCUT2D eigenvalue weighted by Crippen LogP contribution is -2.21. The zero-order valence-electron chi connectivity index (χ0n) is 8.53. The van der Waals surface area contributed by atoms with Crippen molar-refractivity contribution in [3.8, 4) is 5.75 Å². The molecule has 0 heterocycles. The molecule has 1 aromatic carbocycles. The van der Waals surface area contributed by atoms with Gasteiger partial charge in [0, 0.05) is 0 Å². The number of hydrogen-bond donors (Lipinski definition) is 0. The summed E-state index contributed by atoms with van der Waals surface area (Å²) in [5.74, 6) is -2.72. The zero-order chi connectivity index (χ0) is 12.1. The van der Waals surface area contributed by atoms with Crippen LogP contribution in [0, 0.1) is 12.7 Å². The van der Waals surface area contributed by atoms with Gasteiger partial charge < -0.3 is 9.47 Å². The van der Waals surface area contributed by atoms with Crippen LogP contribution in [0.4, 0.5) is 4.39 Å². The van der Waals surface area contributed by atoms with E-state index in [1.807, 2.05) is 0 Å². The summed E-state index contributed by atoms with van der Waals surface area (Å²) in [5, 5.41) is 0. The van der Waals surface area contributed by atoms with Gasteiger partial charge in [-0.3, -0.25) is 0 Å². The fraction of sp³-hybridized carbons (Fsp3) is 0.0909. The quantitative estimate of drug-likeness (QED) is 0.332. The lowest BCUT2D eigenvalue weighted by molar-refractivity contribution is -0.158. The molecule has 0 saturated carbocycles. The molecule has 0 amide bonds. The van der Waals surface area contributed by atoms with Gasteiger partial charge in [-0.05, 0) is 30.7 Å². The highest BCUT2D eigenvalue weighted by Crippen LogP contribution is 2.16. The highest BCUT2D eigenvalue weighted by molar-refractivity contribution is 6.30. The van der Waals surface area contributed by atoms with Gasteiger partial charge in [-0.25, -0.2) is 14.0 Å². The molecule has 0 aliphatic carbocycles. The fourth-order valence-electron chi connectivity index (χ4n) is 0.953. The molecule has 0 spiro atoms. The van der Waals surface area contributed by atoms with Crippen LogP contribution in [-0.2, 0) is 14.3 Å².